The molecule has 9 nitrogen and oxygen atoms in total. The van der Waals surface area contributed by atoms with E-state index in [0.29, 0.717) is 6.42 Å². The van der Waals surface area contributed by atoms with Crippen LogP contribution in [0.15, 0.2) is 12.2 Å². The van der Waals surface area contributed by atoms with E-state index in [1.807, 2.05) is 6.08 Å². The maximum atomic E-state index is 12.8. The smallest absolute Gasteiger partial charge is 0.393 e. The summed E-state index contributed by atoms with van der Waals surface area (Å²) in [6.07, 6.45) is 42.9. The molecule has 4 atom stereocenters. The minimum atomic E-state index is -4.40. The zero-order chi connectivity index (χ0) is 40.5. The van der Waals surface area contributed by atoms with Gasteiger partial charge in [0, 0.05) is 6.54 Å². The minimum absolute atomic E-state index is 0.0516. The van der Waals surface area contributed by atoms with Gasteiger partial charge in [0.25, 0.3) is 0 Å². The number of hydrogen-bond acceptors (Lipinski definition) is 7. The molecule has 4 unspecified atom stereocenters. The second kappa shape index (κ2) is 41.4. The van der Waals surface area contributed by atoms with Crippen molar-refractivity contribution in [3.8, 4) is 0 Å². The van der Waals surface area contributed by atoms with Crippen LogP contribution < -0.4 is 11.1 Å². The van der Waals surface area contributed by atoms with Gasteiger partial charge in [-0.05, 0) is 19.3 Å². The van der Waals surface area contributed by atoms with E-state index < -0.39 is 38.6 Å². The van der Waals surface area contributed by atoms with E-state index >= 15 is 0 Å². The van der Waals surface area contributed by atoms with Gasteiger partial charge in [-0.3, -0.25) is 13.8 Å². The van der Waals surface area contributed by atoms with Crippen LogP contribution in [0, 0.1) is 0 Å². The van der Waals surface area contributed by atoms with Crippen molar-refractivity contribution in [2.24, 2.45) is 5.73 Å². The Kier molecular flexibility index (Phi) is 40.8. The van der Waals surface area contributed by atoms with Crippen LogP contribution in [0.25, 0.3) is 0 Å². The summed E-state index contributed by atoms with van der Waals surface area (Å²) in [5, 5.41) is 24.1. The molecule has 0 aliphatic carbocycles. The van der Waals surface area contributed by atoms with Crippen LogP contribution in [0.4, 0.5) is 0 Å². The fraction of sp³-hybridized carbons (Fsp3) is 0.933. The summed E-state index contributed by atoms with van der Waals surface area (Å²) in [5.74, 6) is -0.442. The van der Waals surface area contributed by atoms with Gasteiger partial charge >= 0.3 is 7.82 Å². The molecule has 0 saturated heterocycles. The van der Waals surface area contributed by atoms with E-state index in [9.17, 15) is 24.5 Å². The topological polar surface area (TPSA) is 151 Å². The predicted molar refractivity (Wildman–Crippen MR) is 232 cm³/mol. The normalized spacial score (nSPS) is 14.7. The number of phosphoric ester groups is 1. The molecule has 328 valence electrons. The number of hydrogen-bond donors (Lipinski definition) is 5. The van der Waals surface area contributed by atoms with Crippen LogP contribution >= 0.6 is 7.82 Å². The quantitative estimate of drug-likeness (QED) is 0.0232. The average molecular weight is 803 g/mol. The van der Waals surface area contributed by atoms with Gasteiger partial charge < -0.3 is 26.2 Å². The second-order valence-corrected chi connectivity index (χ2v) is 17.6. The molecule has 0 radical (unpaired) electrons. The molecule has 10 heteroatoms. The first-order chi connectivity index (χ1) is 26.8. The predicted octanol–water partition coefficient (Wildman–Crippen LogP) is 12.1. The van der Waals surface area contributed by atoms with Gasteiger partial charge in [-0.1, -0.05) is 219 Å². The Morgan fingerprint density at radius 1 is 0.618 bits per heavy atom. The third-order valence-corrected chi connectivity index (χ3v) is 11.7. The number of rotatable bonds is 44. The monoisotopic (exact) mass is 803 g/mol. The molecule has 1 amide bonds. The maximum Gasteiger partial charge on any atom is 0.472 e. The van der Waals surface area contributed by atoms with Crippen molar-refractivity contribution in [1.82, 2.24) is 5.32 Å². The van der Waals surface area contributed by atoms with E-state index in [0.717, 1.165) is 38.5 Å². The SMILES string of the molecule is CCCCCCCCCCCCCCCCCCC/C=C/C(O)C(COP(=O)(O)OCCN)NC(=O)CC(O)CCCCCCCCCCCCCCCC. The Bertz CT molecular complexity index is 893. The highest BCUT2D eigenvalue weighted by atomic mass is 31.2. The number of allylic oxidation sites excluding steroid dienone is 1. The third kappa shape index (κ3) is 39.8. The Hall–Kier alpha value is -0.800. The van der Waals surface area contributed by atoms with Crippen molar-refractivity contribution < 1.29 is 33.5 Å². The molecule has 0 aromatic carbocycles. The van der Waals surface area contributed by atoms with Crippen LogP contribution in [0.1, 0.15) is 232 Å². The summed E-state index contributed by atoms with van der Waals surface area (Å²) in [6, 6.07) is -0.977. The number of carbonyl (C=O) groups excluding carboxylic acids is 1. The van der Waals surface area contributed by atoms with Gasteiger partial charge in [-0.25, -0.2) is 4.57 Å². The average Bonchev–Trinajstić information content (AvgIpc) is 3.16. The van der Waals surface area contributed by atoms with E-state index in [1.165, 1.54) is 167 Å². The summed E-state index contributed by atoms with van der Waals surface area (Å²) in [6.45, 7) is 4.00. The molecular weight excluding hydrogens is 711 g/mol. The summed E-state index contributed by atoms with van der Waals surface area (Å²) >= 11 is 0. The molecule has 55 heavy (non-hydrogen) atoms. The highest BCUT2D eigenvalue weighted by molar-refractivity contribution is 7.47. The zero-order valence-corrected chi connectivity index (χ0v) is 36.9. The lowest BCUT2D eigenvalue weighted by atomic mass is 10.0. The highest BCUT2D eigenvalue weighted by Crippen LogP contribution is 2.43. The molecule has 0 aromatic rings. The third-order valence-electron chi connectivity index (χ3n) is 10.7. The van der Waals surface area contributed by atoms with Gasteiger partial charge in [0.15, 0.2) is 0 Å². The first-order valence-electron chi connectivity index (χ1n) is 23.4. The fourth-order valence-corrected chi connectivity index (χ4v) is 7.88. The second-order valence-electron chi connectivity index (χ2n) is 16.2. The van der Waals surface area contributed by atoms with Crippen molar-refractivity contribution in [1.29, 1.82) is 0 Å². The van der Waals surface area contributed by atoms with Crippen molar-refractivity contribution in [3.05, 3.63) is 12.2 Å². The largest absolute Gasteiger partial charge is 0.472 e. The number of nitrogens with two attached hydrogens (primary N) is 1. The molecule has 0 heterocycles. The molecule has 0 spiro atoms. The molecule has 6 N–H and O–H groups in total. The summed E-state index contributed by atoms with van der Waals surface area (Å²) in [4.78, 5) is 22.8. The zero-order valence-electron chi connectivity index (χ0n) is 36.0. The van der Waals surface area contributed by atoms with Gasteiger partial charge in [-0.15, -0.1) is 0 Å². The Morgan fingerprint density at radius 2 is 1.00 bits per heavy atom. The number of carbonyl (C=O) groups is 1. The van der Waals surface area contributed by atoms with Crippen molar-refractivity contribution in [3.63, 3.8) is 0 Å². The number of aliphatic hydroxyl groups is 2. The minimum Gasteiger partial charge on any atom is -0.393 e. The summed E-state index contributed by atoms with van der Waals surface area (Å²) in [7, 11) is -4.40. The molecule has 0 aliphatic rings. The van der Waals surface area contributed by atoms with Gasteiger partial charge in [0.05, 0.1) is 37.9 Å². The Labute approximate surface area is 339 Å². The molecule has 0 fully saturated rings. The number of aliphatic hydroxyl groups excluding tert-OH is 2. The van der Waals surface area contributed by atoms with Crippen LogP contribution in [0.3, 0.4) is 0 Å². The van der Waals surface area contributed by atoms with Crippen molar-refractivity contribution in [2.45, 2.75) is 250 Å². The van der Waals surface area contributed by atoms with Crippen molar-refractivity contribution >= 4 is 13.7 Å². The van der Waals surface area contributed by atoms with Gasteiger partial charge in [0.2, 0.25) is 5.91 Å². The Balaban J connectivity index is 4.25. The molecule has 0 rings (SSSR count). The van der Waals surface area contributed by atoms with Crippen LogP contribution in [-0.2, 0) is 18.4 Å². The molecule has 0 aromatic heterocycles. The van der Waals surface area contributed by atoms with Crippen molar-refractivity contribution in [2.75, 3.05) is 19.8 Å². The lowest BCUT2D eigenvalue weighted by Crippen LogP contribution is -2.46. The first kappa shape index (κ1) is 54.2. The Morgan fingerprint density at radius 3 is 1.40 bits per heavy atom. The molecular formula is C45H91N2O7P. The molecule has 0 aliphatic heterocycles. The van der Waals surface area contributed by atoms with Crippen LogP contribution in [0.2, 0.25) is 0 Å². The van der Waals surface area contributed by atoms with Crippen LogP contribution in [-0.4, -0.2) is 59.0 Å². The van der Waals surface area contributed by atoms with E-state index in [4.69, 9.17) is 14.8 Å². The summed E-state index contributed by atoms with van der Waals surface area (Å²) in [5.41, 5.74) is 5.37. The van der Waals surface area contributed by atoms with Crippen LogP contribution in [0.5, 0.6) is 0 Å². The van der Waals surface area contributed by atoms with Gasteiger partial charge in [0.1, 0.15) is 0 Å². The highest BCUT2D eigenvalue weighted by Gasteiger charge is 2.27. The molecule has 0 bridgehead atoms. The fourth-order valence-electron chi connectivity index (χ4n) is 7.12. The van der Waals surface area contributed by atoms with Gasteiger partial charge in [-0.2, -0.15) is 0 Å². The van der Waals surface area contributed by atoms with E-state index in [1.54, 1.807) is 6.08 Å². The lowest BCUT2D eigenvalue weighted by Gasteiger charge is -2.24. The van der Waals surface area contributed by atoms with E-state index in [-0.39, 0.29) is 19.6 Å². The van der Waals surface area contributed by atoms with E-state index in [2.05, 4.69) is 19.2 Å². The first-order valence-corrected chi connectivity index (χ1v) is 24.9. The number of nitrogens with one attached hydrogen (secondary N) is 1. The number of phosphoric acid groups is 1. The summed E-state index contributed by atoms with van der Waals surface area (Å²) < 4.78 is 22.1. The standard InChI is InChI=1S/C45H91N2O7P/c1-3-5-7-9-11-13-15-17-19-20-21-22-23-25-27-29-31-33-35-37-44(49)43(41-54-55(51,52)53-39-38-46)47-45(50)40-42(48)36-34-32-30-28-26-24-18-16-14-12-10-8-6-4-2/h35,37,42-44,48-49H,3-34,36,38-41,46H2,1-2H3,(H,47,50)(H,51,52)/b37-35+. The lowest BCUT2D eigenvalue weighted by molar-refractivity contribution is -0.124. The molecule has 0 saturated carbocycles. The maximum absolute atomic E-state index is 12.8. The number of unbranched alkanes of at least 4 members (excludes halogenated alkanes) is 30. The number of amides is 1.